The average Bonchev–Trinajstić information content (AvgIpc) is 2.56. The monoisotopic (exact) mass is 249 g/mol. The number of likely N-dealkylation sites (tertiary alicyclic amines) is 1. The molecule has 0 radical (unpaired) electrons. The molecule has 2 unspecified atom stereocenters. The largest absolute Gasteiger partial charge is 0.341 e. The second-order valence-corrected chi connectivity index (χ2v) is 5.83. The standard InChI is InChI=1S/C14H23N3O/c1-10-5-11(2)8-16(7-10)14(18)9-17-13(4)6-12(3)15-17/h6,10-11H,5,7-9H2,1-4H3. The molecule has 1 aliphatic heterocycles. The van der Waals surface area contributed by atoms with Gasteiger partial charge in [0.2, 0.25) is 5.91 Å². The van der Waals surface area contributed by atoms with Gasteiger partial charge in [-0.25, -0.2) is 0 Å². The van der Waals surface area contributed by atoms with E-state index >= 15 is 0 Å². The first-order chi connectivity index (χ1) is 8.45. The summed E-state index contributed by atoms with van der Waals surface area (Å²) < 4.78 is 1.81. The summed E-state index contributed by atoms with van der Waals surface area (Å²) in [6.07, 6.45) is 1.23. The van der Waals surface area contributed by atoms with Crippen LogP contribution in [0, 0.1) is 25.7 Å². The van der Waals surface area contributed by atoms with Gasteiger partial charge < -0.3 is 4.90 Å². The minimum absolute atomic E-state index is 0.194. The SMILES string of the molecule is Cc1cc(C)n(CC(=O)N2CC(C)CC(C)C2)n1. The van der Waals surface area contributed by atoms with Crippen molar-refractivity contribution in [2.45, 2.75) is 40.7 Å². The lowest BCUT2D eigenvalue weighted by molar-refractivity contribution is -0.134. The van der Waals surface area contributed by atoms with Crippen molar-refractivity contribution in [1.29, 1.82) is 0 Å². The molecule has 1 saturated heterocycles. The van der Waals surface area contributed by atoms with Crippen LogP contribution in [-0.2, 0) is 11.3 Å². The first-order valence-electron chi connectivity index (χ1n) is 6.74. The number of carbonyl (C=O) groups is 1. The fourth-order valence-electron chi connectivity index (χ4n) is 2.93. The smallest absolute Gasteiger partial charge is 0.244 e. The summed E-state index contributed by atoms with van der Waals surface area (Å²) in [6, 6.07) is 2.01. The van der Waals surface area contributed by atoms with Gasteiger partial charge in [-0.1, -0.05) is 13.8 Å². The van der Waals surface area contributed by atoms with Crippen molar-refractivity contribution in [3.8, 4) is 0 Å². The minimum Gasteiger partial charge on any atom is -0.341 e. The number of hydrogen-bond donors (Lipinski definition) is 0. The van der Waals surface area contributed by atoms with Crippen molar-refractivity contribution in [1.82, 2.24) is 14.7 Å². The van der Waals surface area contributed by atoms with Gasteiger partial charge in [-0.2, -0.15) is 5.10 Å². The molecule has 2 atom stereocenters. The number of rotatable bonds is 2. The lowest BCUT2D eigenvalue weighted by atomic mass is 9.92. The molecule has 1 fully saturated rings. The van der Waals surface area contributed by atoms with Gasteiger partial charge in [0, 0.05) is 18.8 Å². The molecule has 18 heavy (non-hydrogen) atoms. The molecule has 4 heteroatoms. The maximum Gasteiger partial charge on any atom is 0.244 e. The zero-order valence-electron chi connectivity index (χ0n) is 11.8. The lowest BCUT2D eigenvalue weighted by Gasteiger charge is -2.35. The van der Waals surface area contributed by atoms with E-state index in [1.165, 1.54) is 6.42 Å². The van der Waals surface area contributed by atoms with Crippen molar-refractivity contribution in [3.05, 3.63) is 17.5 Å². The Hall–Kier alpha value is -1.32. The first-order valence-corrected chi connectivity index (χ1v) is 6.74. The van der Waals surface area contributed by atoms with E-state index in [4.69, 9.17) is 0 Å². The number of amides is 1. The van der Waals surface area contributed by atoms with Crippen LogP contribution in [0.2, 0.25) is 0 Å². The number of carbonyl (C=O) groups excluding carboxylic acids is 1. The third-order valence-electron chi connectivity index (χ3n) is 3.61. The van der Waals surface area contributed by atoms with Gasteiger partial charge in [-0.3, -0.25) is 9.48 Å². The van der Waals surface area contributed by atoms with Gasteiger partial charge >= 0.3 is 0 Å². The molecule has 2 heterocycles. The lowest BCUT2D eigenvalue weighted by Crippen LogP contribution is -2.44. The Bertz CT molecular complexity index is 428. The number of aromatic nitrogens is 2. The average molecular weight is 249 g/mol. The fraction of sp³-hybridized carbons (Fsp3) is 0.714. The van der Waals surface area contributed by atoms with Crippen LogP contribution >= 0.6 is 0 Å². The van der Waals surface area contributed by atoms with Crippen molar-refractivity contribution >= 4 is 5.91 Å². The van der Waals surface area contributed by atoms with Gasteiger partial charge in [0.25, 0.3) is 0 Å². The van der Waals surface area contributed by atoms with E-state index in [-0.39, 0.29) is 5.91 Å². The molecule has 1 amide bonds. The molecule has 0 spiro atoms. The summed E-state index contributed by atoms with van der Waals surface area (Å²) in [5.41, 5.74) is 2.03. The summed E-state index contributed by atoms with van der Waals surface area (Å²) in [7, 11) is 0. The van der Waals surface area contributed by atoms with E-state index in [9.17, 15) is 4.79 Å². The minimum atomic E-state index is 0.194. The van der Waals surface area contributed by atoms with Crippen LogP contribution in [0.4, 0.5) is 0 Å². The van der Waals surface area contributed by atoms with Crippen LogP contribution in [0.3, 0.4) is 0 Å². The highest BCUT2D eigenvalue weighted by Gasteiger charge is 2.25. The van der Waals surface area contributed by atoms with Crippen molar-refractivity contribution in [2.24, 2.45) is 11.8 Å². The summed E-state index contributed by atoms with van der Waals surface area (Å²) in [6.45, 7) is 10.6. The van der Waals surface area contributed by atoms with Gasteiger partial charge in [-0.15, -0.1) is 0 Å². The highest BCUT2D eigenvalue weighted by molar-refractivity contribution is 5.76. The molecular formula is C14H23N3O. The second-order valence-electron chi connectivity index (χ2n) is 5.83. The Morgan fingerprint density at radius 1 is 1.33 bits per heavy atom. The van der Waals surface area contributed by atoms with Crippen LogP contribution in [-0.4, -0.2) is 33.7 Å². The second kappa shape index (κ2) is 5.12. The predicted octanol–water partition coefficient (Wildman–Crippen LogP) is 2.00. The molecule has 100 valence electrons. The van der Waals surface area contributed by atoms with Crippen LogP contribution < -0.4 is 0 Å². The van der Waals surface area contributed by atoms with E-state index in [1.807, 2.05) is 29.5 Å². The number of hydrogen-bond acceptors (Lipinski definition) is 2. The summed E-state index contributed by atoms with van der Waals surface area (Å²) in [5.74, 6) is 1.41. The third-order valence-corrected chi connectivity index (χ3v) is 3.61. The predicted molar refractivity (Wildman–Crippen MR) is 71.2 cm³/mol. The van der Waals surface area contributed by atoms with Crippen molar-refractivity contribution in [2.75, 3.05) is 13.1 Å². The molecule has 0 N–H and O–H groups in total. The van der Waals surface area contributed by atoms with E-state index in [0.717, 1.165) is 24.5 Å². The number of nitrogens with zero attached hydrogens (tertiary/aromatic N) is 3. The number of piperidine rings is 1. The van der Waals surface area contributed by atoms with E-state index < -0.39 is 0 Å². The summed E-state index contributed by atoms with van der Waals surface area (Å²) in [5, 5.41) is 4.35. The molecule has 2 rings (SSSR count). The molecule has 4 nitrogen and oxygen atoms in total. The van der Waals surface area contributed by atoms with Crippen LogP contribution in [0.15, 0.2) is 6.07 Å². The maximum atomic E-state index is 12.3. The topological polar surface area (TPSA) is 38.1 Å². The van der Waals surface area contributed by atoms with E-state index in [2.05, 4.69) is 18.9 Å². The Morgan fingerprint density at radius 3 is 2.44 bits per heavy atom. The highest BCUT2D eigenvalue weighted by atomic mass is 16.2. The Balaban J connectivity index is 2.01. The van der Waals surface area contributed by atoms with Crippen LogP contribution in [0.5, 0.6) is 0 Å². The van der Waals surface area contributed by atoms with E-state index in [1.54, 1.807) is 0 Å². The summed E-state index contributed by atoms with van der Waals surface area (Å²) >= 11 is 0. The quantitative estimate of drug-likeness (QED) is 0.804. The molecule has 0 aromatic carbocycles. The van der Waals surface area contributed by atoms with E-state index in [0.29, 0.717) is 18.4 Å². The highest BCUT2D eigenvalue weighted by Crippen LogP contribution is 2.21. The maximum absolute atomic E-state index is 12.3. The Labute approximate surface area is 109 Å². The zero-order valence-corrected chi connectivity index (χ0v) is 11.8. The normalized spacial score (nSPS) is 24.3. The van der Waals surface area contributed by atoms with Gasteiger partial charge in [0.15, 0.2) is 0 Å². The molecule has 1 aromatic rings. The first kappa shape index (κ1) is 13.1. The zero-order chi connectivity index (χ0) is 13.3. The van der Waals surface area contributed by atoms with Gasteiger partial charge in [-0.05, 0) is 38.2 Å². The third kappa shape index (κ3) is 2.92. The molecule has 0 saturated carbocycles. The van der Waals surface area contributed by atoms with Crippen LogP contribution in [0.25, 0.3) is 0 Å². The fourth-order valence-corrected chi connectivity index (χ4v) is 2.93. The molecule has 1 aromatic heterocycles. The van der Waals surface area contributed by atoms with Gasteiger partial charge in [0.05, 0.1) is 5.69 Å². The van der Waals surface area contributed by atoms with Gasteiger partial charge in [0.1, 0.15) is 6.54 Å². The number of aryl methyl sites for hydroxylation is 2. The molecular weight excluding hydrogens is 226 g/mol. The summed E-state index contributed by atoms with van der Waals surface area (Å²) in [4.78, 5) is 14.3. The Kier molecular flexibility index (Phi) is 3.73. The van der Waals surface area contributed by atoms with Crippen molar-refractivity contribution < 1.29 is 4.79 Å². The molecule has 0 bridgehead atoms. The molecule has 1 aliphatic rings. The van der Waals surface area contributed by atoms with Crippen LogP contribution in [0.1, 0.15) is 31.7 Å². The van der Waals surface area contributed by atoms with Crippen molar-refractivity contribution in [3.63, 3.8) is 0 Å². The Morgan fingerprint density at radius 2 is 1.94 bits per heavy atom. The molecule has 0 aliphatic carbocycles.